The fourth-order valence-corrected chi connectivity index (χ4v) is 3.11. The van der Waals surface area contributed by atoms with E-state index in [-0.39, 0.29) is 0 Å². The lowest BCUT2D eigenvalue weighted by Crippen LogP contribution is -2.21. The molecule has 1 heterocycles. The van der Waals surface area contributed by atoms with Gasteiger partial charge in [0.25, 0.3) is 0 Å². The number of nitrogens with zero attached hydrogens (tertiary/aromatic N) is 1. The van der Waals surface area contributed by atoms with Crippen molar-refractivity contribution >= 4 is 0 Å². The van der Waals surface area contributed by atoms with Crippen LogP contribution >= 0.6 is 0 Å². The van der Waals surface area contributed by atoms with E-state index >= 15 is 0 Å². The largest absolute Gasteiger partial charge is 0.496 e. The molecule has 1 aromatic rings. The van der Waals surface area contributed by atoms with E-state index in [2.05, 4.69) is 37.9 Å². The van der Waals surface area contributed by atoms with Gasteiger partial charge in [0.15, 0.2) is 0 Å². The number of methoxy groups -OCH3 is 1. The number of ether oxygens (including phenoxy) is 1. The van der Waals surface area contributed by atoms with Gasteiger partial charge in [-0.25, -0.2) is 0 Å². The standard InChI is InChI=1S/C15H24N2O/c1-10-5-6-11(2)15(18-4)14(10)13-7-12(8-16)9-17(13)3/h5-6,12-13H,7-9,16H2,1-4H3. The van der Waals surface area contributed by atoms with Crippen LogP contribution in [0.1, 0.15) is 29.2 Å². The molecule has 0 amide bonds. The lowest BCUT2D eigenvalue weighted by atomic mass is 9.93. The number of nitrogens with two attached hydrogens (primary N) is 1. The summed E-state index contributed by atoms with van der Waals surface area (Å²) >= 11 is 0. The monoisotopic (exact) mass is 248 g/mol. The van der Waals surface area contributed by atoms with Crippen LogP contribution in [-0.4, -0.2) is 32.1 Å². The van der Waals surface area contributed by atoms with Crippen molar-refractivity contribution in [2.45, 2.75) is 26.3 Å². The predicted octanol–water partition coefficient (Wildman–Crippen LogP) is 2.26. The van der Waals surface area contributed by atoms with E-state index in [0.717, 1.165) is 25.3 Å². The van der Waals surface area contributed by atoms with Crippen LogP contribution in [0.25, 0.3) is 0 Å². The lowest BCUT2D eigenvalue weighted by Gasteiger charge is -2.24. The Morgan fingerprint density at radius 2 is 2.00 bits per heavy atom. The molecule has 1 saturated heterocycles. The maximum Gasteiger partial charge on any atom is 0.126 e. The zero-order valence-electron chi connectivity index (χ0n) is 11.9. The van der Waals surface area contributed by atoms with Crippen LogP contribution in [0.2, 0.25) is 0 Å². The number of aryl methyl sites for hydroxylation is 2. The van der Waals surface area contributed by atoms with Gasteiger partial charge in [-0.3, -0.25) is 4.90 Å². The van der Waals surface area contributed by atoms with Gasteiger partial charge in [-0.2, -0.15) is 0 Å². The lowest BCUT2D eigenvalue weighted by molar-refractivity contribution is 0.301. The van der Waals surface area contributed by atoms with Gasteiger partial charge in [0.2, 0.25) is 0 Å². The summed E-state index contributed by atoms with van der Waals surface area (Å²) in [5.74, 6) is 1.65. The highest BCUT2D eigenvalue weighted by Crippen LogP contribution is 2.41. The topological polar surface area (TPSA) is 38.5 Å². The quantitative estimate of drug-likeness (QED) is 0.891. The van der Waals surface area contributed by atoms with Crippen molar-refractivity contribution in [3.05, 3.63) is 28.8 Å². The molecule has 2 atom stereocenters. The molecule has 2 unspecified atom stereocenters. The Kier molecular flexibility index (Phi) is 3.93. The first-order valence-corrected chi connectivity index (χ1v) is 6.62. The molecule has 0 spiro atoms. The Morgan fingerprint density at radius 1 is 1.33 bits per heavy atom. The Bertz CT molecular complexity index is 431. The maximum atomic E-state index is 5.82. The molecule has 100 valence electrons. The average Bonchev–Trinajstić information content (AvgIpc) is 2.73. The van der Waals surface area contributed by atoms with Crippen molar-refractivity contribution in [1.82, 2.24) is 4.90 Å². The molecule has 0 saturated carbocycles. The SMILES string of the molecule is COc1c(C)ccc(C)c1C1CC(CN)CN1C. The summed E-state index contributed by atoms with van der Waals surface area (Å²) in [7, 11) is 3.95. The second-order valence-electron chi connectivity index (χ2n) is 5.44. The maximum absolute atomic E-state index is 5.82. The zero-order chi connectivity index (χ0) is 13.3. The van der Waals surface area contributed by atoms with Crippen LogP contribution < -0.4 is 10.5 Å². The summed E-state index contributed by atoms with van der Waals surface area (Å²) in [6.45, 7) is 6.13. The van der Waals surface area contributed by atoms with Gasteiger partial charge in [0.1, 0.15) is 5.75 Å². The van der Waals surface area contributed by atoms with Gasteiger partial charge in [-0.15, -0.1) is 0 Å². The summed E-state index contributed by atoms with van der Waals surface area (Å²) in [5, 5.41) is 0. The molecule has 3 nitrogen and oxygen atoms in total. The summed E-state index contributed by atoms with van der Waals surface area (Å²) in [6, 6.07) is 4.76. The Hall–Kier alpha value is -1.06. The molecule has 1 aromatic carbocycles. The molecule has 0 aromatic heterocycles. The van der Waals surface area contributed by atoms with E-state index < -0.39 is 0 Å². The normalized spacial score (nSPS) is 24.5. The van der Waals surface area contributed by atoms with Crippen molar-refractivity contribution in [2.24, 2.45) is 11.7 Å². The molecule has 0 radical (unpaired) electrons. The molecule has 1 aliphatic heterocycles. The van der Waals surface area contributed by atoms with Gasteiger partial charge in [-0.1, -0.05) is 12.1 Å². The summed E-state index contributed by atoms with van der Waals surface area (Å²) in [6.07, 6.45) is 1.13. The van der Waals surface area contributed by atoms with Gasteiger partial charge in [-0.05, 0) is 50.9 Å². The van der Waals surface area contributed by atoms with Crippen LogP contribution in [0.4, 0.5) is 0 Å². The van der Waals surface area contributed by atoms with E-state index in [0.29, 0.717) is 12.0 Å². The third-order valence-corrected chi connectivity index (χ3v) is 4.12. The van der Waals surface area contributed by atoms with Crippen LogP contribution in [0.15, 0.2) is 12.1 Å². The minimum atomic E-state index is 0.438. The zero-order valence-corrected chi connectivity index (χ0v) is 11.9. The van der Waals surface area contributed by atoms with Crippen LogP contribution in [-0.2, 0) is 0 Å². The highest BCUT2D eigenvalue weighted by molar-refractivity contribution is 5.47. The second kappa shape index (κ2) is 5.29. The molecule has 2 N–H and O–H groups in total. The van der Waals surface area contributed by atoms with E-state index in [1.807, 2.05) is 0 Å². The average molecular weight is 248 g/mol. The number of hydrogen-bond donors (Lipinski definition) is 1. The fourth-order valence-electron chi connectivity index (χ4n) is 3.11. The first-order valence-electron chi connectivity index (χ1n) is 6.62. The first-order chi connectivity index (χ1) is 8.58. The summed E-state index contributed by atoms with van der Waals surface area (Å²) < 4.78 is 5.63. The van der Waals surface area contributed by atoms with Crippen LogP contribution in [0.3, 0.4) is 0 Å². The first kappa shape index (κ1) is 13.4. The minimum absolute atomic E-state index is 0.438. The number of likely N-dealkylation sites (tertiary alicyclic amines) is 1. The fraction of sp³-hybridized carbons (Fsp3) is 0.600. The van der Waals surface area contributed by atoms with Crippen molar-refractivity contribution in [3.63, 3.8) is 0 Å². The van der Waals surface area contributed by atoms with E-state index in [1.165, 1.54) is 16.7 Å². The Labute approximate surface area is 110 Å². The van der Waals surface area contributed by atoms with Crippen LogP contribution in [0, 0.1) is 19.8 Å². The molecule has 3 heteroatoms. The molecule has 2 rings (SSSR count). The van der Waals surface area contributed by atoms with Crippen molar-refractivity contribution in [2.75, 3.05) is 27.2 Å². The Morgan fingerprint density at radius 3 is 2.56 bits per heavy atom. The van der Waals surface area contributed by atoms with Gasteiger partial charge in [0.05, 0.1) is 7.11 Å². The molecular weight excluding hydrogens is 224 g/mol. The number of benzene rings is 1. The van der Waals surface area contributed by atoms with Crippen molar-refractivity contribution in [1.29, 1.82) is 0 Å². The number of hydrogen-bond acceptors (Lipinski definition) is 3. The van der Waals surface area contributed by atoms with Gasteiger partial charge in [0, 0.05) is 18.2 Å². The third kappa shape index (κ3) is 2.25. The summed E-state index contributed by atoms with van der Waals surface area (Å²) in [4.78, 5) is 2.40. The van der Waals surface area contributed by atoms with Crippen molar-refractivity contribution < 1.29 is 4.74 Å². The highest BCUT2D eigenvalue weighted by atomic mass is 16.5. The molecular formula is C15H24N2O. The molecule has 1 fully saturated rings. The number of rotatable bonds is 3. The third-order valence-electron chi connectivity index (χ3n) is 4.12. The molecule has 0 aliphatic carbocycles. The molecule has 18 heavy (non-hydrogen) atoms. The van der Waals surface area contributed by atoms with Gasteiger partial charge < -0.3 is 10.5 Å². The van der Waals surface area contributed by atoms with Crippen LogP contribution in [0.5, 0.6) is 5.75 Å². The predicted molar refractivity (Wildman–Crippen MR) is 75.0 cm³/mol. The molecule has 1 aliphatic rings. The molecule has 0 bridgehead atoms. The van der Waals surface area contributed by atoms with Gasteiger partial charge >= 0.3 is 0 Å². The Balaban J connectivity index is 2.41. The highest BCUT2D eigenvalue weighted by Gasteiger charge is 2.32. The second-order valence-corrected chi connectivity index (χ2v) is 5.44. The smallest absolute Gasteiger partial charge is 0.126 e. The van der Waals surface area contributed by atoms with E-state index in [1.54, 1.807) is 7.11 Å². The summed E-state index contributed by atoms with van der Waals surface area (Å²) in [5.41, 5.74) is 9.68. The minimum Gasteiger partial charge on any atom is -0.496 e. The van der Waals surface area contributed by atoms with E-state index in [9.17, 15) is 0 Å². The van der Waals surface area contributed by atoms with Crippen molar-refractivity contribution in [3.8, 4) is 5.75 Å². The van der Waals surface area contributed by atoms with E-state index in [4.69, 9.17) is 10.5 Å².